The number of aromatic nitrogens is 1. The highest BCUT2D eigenvalue weighted by molar-refractivity contribution is 9.08. The van der Waals surface area contributed by atoms with Gasteiger partial charge < -0.3 is 5.32 Å². The number of hydrogen-bond acceptors (Lipinski definition) is 2. The molecule has 94 valence electrons. The van der Waals surface area contributed by atoms with Crippen LogP contribution in [-0.4, -0.2) is 10.9 Å². The number of anilines is 1. The summed E-state index contributed by atoms with van der Waals surface area (Å²) in [6, 6.07) is 3.88. The van der Waals surface area contributed by atoms with E-state index in [9.17, 15) is 4.79 Å². The van der Waals surface area contributed by atoms with Crippen LogP contribution in [0.15, 0.2) is 12.1 Å². The SMILES string of the molecule is CCC(C)(C)C(=O)Nc1cc(C)cc(CBr)n1. The Kier molecular flexibility index (Phi) is 4.69. The van der Waals surface area contributed by atoms with Crippen molar-refractivity contribution >= 4 is 27.7 Å². The average Bonchev–Trinajstić information content (AvgIpc) is 2.28. The molecule has 0 atom stereocenters. The molecule has 1 heterocycles. The number of amides is 1. The first-order chi connectivity index (χ1) is 7.89. The van der Waals surface area contributed by atoms with Gasteiger partial charge in [0.2, 0.25) is 5.91 Å². The molecule has 1 aromatic rings. The van der Waals surface area contributed by atoms with E-state index < -0.39 is 0 Å². The van der Waals surface area contributed by atoms with E-state index in [4.69, 9.17) is 0 Å². The molecule has 0 radical (unpaired) electrons. The van der Waals surface area contributed by atoms with Crippen LogP contribution >= 0.6 is 15.9 Å². The van der Waals surface area contributed by atoms with Crippen molar-refractivity contribution in [2.75, 3.05) is 5.32 Å². The van der Waals surface area contributed by atoms with Crippen LogP contribution in [0.5, 0.6) is 0 Å². The molecule has 0 saturated carbocycles. The second-order valence-corrected chi connectivity index (χ2v) is 5.41. The van der Waals surface area contributed by atoms with E-state index >= 15 is 0 Å². The van der Waals surface area contributed by atoms with Gasteiger partial charge in [0.1, 0.15) is 5.82 Å². The zero-order chi connectivity index (χ0) is 13.1. The van der Waals surface area contributed by atoms with Crippen LogP contribution in [0.25, 0.3) is 0 Å². The minimum Gasteiger partial charge on any atom is -0.310 e. The van der Waals surface area contributed by atoms with Crippen molar-refractivity contribution in [3.05, 3.63) is 23.4 Å². The third-order valence-corrected chi connectivity index (χ3v) is 3.47. The van der Waals surface area contributed by atoms with Crippen molar-refractivity contribution in [2.24, 2.45) is 5.41 Å². The van der Waals surface area contributed by atoms with E-state index in [0.29, 0.717) is 11.1 Å². The van der Waals surface area contributed by atoms with Crippen molar-refractivity contribution in [2.45, 2.75) is 39.4 Å². The number of hydrogen-bond donors (Lipinski definition) is 1. The first kappa shape index (κ1) is 14.2. The van der Waals surface area contributed by atoms with Gasteiger partial charge in [-0.1, -0.05) is 36.7 Å². The molecular weight excluding hydrogens is 280 g/mol. The lowest BCUT2D eigenvalue weighted by Gasteiger charge is -2.21. The quantitative estimate of drug-likeness (QED) is 0.862. The Hall–Kier alpha value is -0.900. The summed E-state index contributed by atoms with van der Waals surface area (Å²) in [4.78, 5) is 16.4. The van der Waals surface area contributed by atoms with E-state index in [1.807, 2.05) is 39.8 Å². The highest BCUT2D eigenvalue weighted by atomic mass is 79.9. The lowest BCUT2D eigenvalue weighted by Crippen LogP contribution is -2.30. The molecule has 1 aromatic heterocycles. The normalized spacial score (nSPS) is 11.4. The standard InChI is InChI=1S/C13H19BrN2O/c1-5-13(3,4)12(17)16-11-7-9(2)6-10(8-14)15-11/h6-7H,5,8H2,1-4H3,(H,15,16,17). The number of aryl methyl sites for hydroxylation is 1. The Labute approximate surface area is 111 Å². The molecule has 0 unspecified atom stereocenters. The second-order valence-electron chi connectivity index (χ2n) is 4.85. The van der Waals surface area contributed by atoms with Crippen LogP contribution in [0.4, 0.5) is 5.82 Å². The zero-order valence-electron chi connectivity index (χ0n) is 10.8. The molecule has 0 bridgehead atoms. The summed E-state index contributed by atoms with van der Waals surface area (Å²) < 4.78 is 0. The molecule has 0 saturated heterocycles. The fourth-order valence-corrected chi connectivity index (χ4v) is 1.61. The zero-order valence-corrected chi connectivity index (χ0v) is 12.4. The number of nitrogens with one attached hydrogen (secondary N) is 1. The van der Waals surface area contributed by atoms with E-state index in [2.05, 4.69) is 26.2 Å². The van der Waals surface area contributed by atoms with E-state index in [1.165, 1.54) is 0 Å². The van der Waals surface area contributed by atoms with Gasteiger partial charge in [-0.05, 0) is 31.0 Å². The largest absolute Gasteiger partial charge is 0.310 e. The van der Waals surface area contributed by atoms with Crippen LogP contribution in [0.1, 0.15) is 38.4 Å². The smallest absolute Gasteiger partial charge is 0.231 e. The molecule has 0 aromatic carbocycles. The summed E-state index contributed by atoms with van der Waals surface area (Å²) in [7, 11) is 0. The molecular formula is C13H19BrN2O. The predicted octanol–water partition coefficient (Wildman–Crippen LogP) is 3.66. The van der Waals surface area contributed by atoms with Crippen LogP contribution in [0.3, 0.4) is 0 Å². The van der Waals surface area contributed by atoms with Crippen molar-refractivity contribution in [3.8, 4) is 0 Å². The van der Waals surface area contributed by atoms with Gasteiger partial charge in [0.05, 0.1) is 5.69 Å². The Balaban J connectivity index is 2.88. The minimum atomic E-state index is -0.361. The van der Waals surface area contributed by atoms with Gasteiger partial charge in [-0.15, -0.1) is 0 Å². The molecule has 1 amide bonds. The topological polar surface area (TPSA) is 42.0 Å². The predicted molar refractivity (Wildman–Crippen MR) is 74.3 cm³/mol. The maximum Gasteiger partial charge on any atom is 0.231 e. The molecule has 0 aliphatic heterocycles. The summed E-state index contributed by atoms with van der Waals surface area (Å²) in [5.74, 6) is 0.643. The van der Waals surface area contributed by atoms with Crippen LogP contribution in [0, 0.1) is 12.3 Å². The number of halogens is 1. The van der Waals surface area contributed by atoms with Gasteiger partial charge >= 0.3 is 0 Å². The fraction of sp³-hybridized carbons (Fsp3) is 0.538. The Morgan fingerprint density at radius 1 is 1.47 bits per heavy atom. The lowest BCUT2D eigenvalue weighted by molar-refractivity contribution is -0.124. The van der Waals surface area contributed by atoms with Gasteiger partial charge in [-0.3, -0.25) is 4.79 Å². The monoisotopic (exact) mass is 298 g/mol. The molecule has 0 fully saturated rings. The number of alkyl halides is 1. The highest BCUT2D eigenvalue weighted by Crippen LogP contribution is 2.22. The van der Waals surface area contributed by atoms with Gasteiger partial charge in [0.15, 0.2) is 0 Å². The van der Waals surface area contributed by atoms with Gasteiger partial charge in [0, 0.05) is 10.7 Å². The minimum absolute atomic E-state index is 0.0126. The van der Waals surface area contributed by atoms with Crippen LogP contribution in [-0.2, 0) is 10.1 Å². The van der Waals surface area contributed by atoms with Crippen molar-refractivity contribution in [3.63, 3.8) is 0 Å². The maximum atomic E-state index is 12.0. The van der Waals surface area contributed by atoms with E-state index in [-0.39, 0.29) is 11.3 Å². The summed E-state index contributed by atoms with van der Waals surface area (Å²) in [6.07, 6.45) is 0.802. The van der Waals surface area contributed by atoms with Crippen LogP contribution in [0.2, 0.25) is 0 Å². The Bertz CT molecular complexity index is 416. The molecule has 0 aliphatic rings. The van der Waals surface area contributed by atoms with E-state index in [0.717, 1.165) is 17.7 Å². The highest BCUT2D eigenvalue weighted by Gasteiger charge is 2.25. The van der Waals surface area contributed by atoms with Crippen molar-refractivity contribution in [1.82, 2.24) is 4.98 Å². The third kappa shape index (κ3) is 3.80. The third-order valence-electron chi connectivity index (χ3n) is 2.90. The molecule has 17 heavy (non-hydrogen) atoms. The molecule has 1 N–H and O–H groups in total. The Morgan fingerprint density at radius 3 is 2.65 bits per heavy atom. The molecule has 0 aliphatic carbocycles. The van der Waals surface area contributed by atoms with Gasteiger partial charge in [-0.25, -0.2) is 4.98 Å². The first-order valence-corrected chi connectivity index (χ1v) is 6.86. The number of pyridine rings is 1. The van der Waals surface area contributed by atoms with Gasteiger partial charge in [0.25, 0.3) is 0 Å². The number of rotatable bonds is 4. The van der Waals surface area contributed by atoms with E-state index in [1.54, 1.807) is 0 Å². The number of carbonyl (C=O) groups is 1. The summed E-state index contributed by atoms with van der Waals surface area (Å²) in [5.41, 5.74) is 1.66. The van der Waals surface area contributed by atoms with Crippen molar-refractivity contribution < 1.29 is 4.79 Å². The second kappa shape index (κ2) is 5.63. The first-order valence-electron chi connectivity index (χ1n) is 5.74. The van der Waals surface area contributed by atoms with Crippen molar-refractivity contribution in [1.29, 1.82) is 0 Å². The molecule has 4 heteroatoms. The summed E-state index contributed by atoms with van der Waals surface area (Å²) in [5, 5.41) is 3.57. The van der Waals surface area contributed by atoms with Crippen LogP contribution < -0.4 is 5.32 Å². The number of carbonyl (C=O) groups excluding carboxylic acids is 1. The lowest BCUT2D eigenvalue weighted by atomic mass is 9.89. The van der Waals surface area contributed by atoms with Gasteiger partial charge in [-0.2, -0.15) is 0 Å². The maximum absolute atomic E-state index is 12.0. The average molecular weight is 299 g/mol. The Morgan fingerprint density at radius 2 is 2.12 bits per heavy atom. The molecule has 3 nitrogen and oxygen atoms in total. The molecule has 1 rings (SSSR count). The summed E-state index contributed by atoms with van der Waals surface area (Å²) in [6.45, 7) is 7.87. The fourth-order valence-electron chi connectivity index (χ4n) is 1.32. The molecule has 0 spiro atoms. The summed E-state index contributed by atoms with van der Waals surface area (Å²) >= 11 is 3.37. The number of nitrogens with zero attached hydrogens (tertiary/aromatic N) is 1.